The molecule has 2 aromatic rings. The van der Waals surface area contributed by atoms with Gasteiger partial charge in [0.1, 0.15) is 0 Å². The van der Waals surface area contributed by atoms with E-state index in [-0.39, 0.29) is 5.41 Å². The number of aryl methyl sites for hydroxylation is 2. The van der Waals surface area contributed by atoms with Crippen molar-refractivity contribution in [2.75, 3.05) is 20.1 Å². The first kappa shape index (κ1) is 17.5. The predicted molar refractivity (Wildman–Crippen MR) is 98.3 cm³/mol. The van der Waals surface area contributed by atoms with E-state index in [9.17, 15) is 0 Å². The average molecular weight is 334 g/mol. The molecular formula is C17H27N5S. The first-order valence-corrected chi connectivity index (χ1v) is 8.87. The van der Waals surface area contributed by atoms with Crippen LogP contribution in [0, 0.1) is 6.92 Å². The van der Waals surface area contributed by atoms with E-state index < -0.39 is 0 Å². The number of aliphatic imine (C=N–C) groups is 1. The van der Waals surface area contributed by atoms with Crippen LogP contribution in [0.2, 0.25) is 0 Å². The second kappa shape index (κ2) is 8.15. The summed E-state index contributed by atoms with van der Waals surface area (Å²) in [6, 6.07) is 4.29. The largest absolute Gasteiger partial charge is 0.356 e. The van der Waals surface area contributed by atoms with Crippen molar-refractivity contribution in [3.8, 4) is 0 Å². The summed E-state index contributed by atoms with van der Waals surface area (Å²) < 4.78 is 1.98. The Morgan fingerprint density at radius 1 is 1.39 bits per heavy atom. The molecule has 0 atom stereocenters. The van der Waals surface area contributed by atoms with Crippen molar-refractivity contribution in [2.24, 2.45) is 4.99 Å². The van der Waals surface area contributed by atoms with E-state index in [2.05, 4.69) is 65.2 Å². The van der Waals surface area contributed by atoms with Crippen molar-refractivity contribution in [2.45, 2.75) is 39.2 Å². The number of guanidine groups is 1. The molecule has 2 N–H and O–H groups in total. The van der Waals surface area contributed by atoms with Gasteiger partial charge in [0, 0.05) is 43.2 Å². The maximum atomic E-state index is 4.30. The lowest BCUT2D eigenvalue weighted by Crippen LogP contribution is -2.43. The fourth-order valence-electron chi connectivity index (χ4n) is 2.31. The second-order valence-corrected chi connectivity index (χ2v) is 7.30. The third kappa shape index (κ3) is 5.39. The van der Waals surface area contributed by atoms with Crippen LogP contribution in [-0.4, -0.2) is 35.9 Å². The second-order valence-electron chi connectivity index (χ2n) is 6.35. The molecule has 6 heteroatoms. The highest BCUT2D eigenvalue weighted by Crippen LogP contribution is 2.26. The van der Waals surface area contributed by atoms with E-state index >= 15 is 0 Å². The predicted octanol–water partition coefficient (Wildman–Crippen LogP) is 2.79. The number of aromatic nitrogens is 2. The highest BCUT2D eigenvalue weighted by molar-refractivity contribution is 7.10. The normalized spacial score (nSPS) is 12.4. The molecule has 0 unspecified atom stereocenters. The van der Waals surface area contributed by atoms with Crippen LogP contribution in [0.3, 0.4) is 0 Å². The first-order chi connectivity index (χ1) is 11.0. The van der Waals surface area contributed by atoms with Crippen molar-refractivity contribution in [1.82, 2.24) is 20.4 Å². The Labute approximate surface area is 142 Å². The van der Waals surface area contributed by atoms with Crippen LogP contribution in [0.15, 0.2) is 34.9 Å². The van der Waals surface area contributed by atoms with Gasteiger partial charge in [-0.2, -0.15) is 5.10 Å². The third-order valence-electron chi connectivity index (χ3n) is 3.73. The van der Waals surface area contributed by atoms with E-state index in [0.717, 1.165) is 32.0 Å². The summed E-state index contributed by atoms with van der Waals surface area (Å²) in [6.07, 6.45) is 4.97. The fraction of sp³-hybridized carbons (Fsp3) is 0.529. The topological polar surface area (TPSA) is 54.2 Å². The number of hydrogen-bond donors (Lipinski definition) is 2. The zero-order valence-corrected chi connectivity index (χ0v) is 15.3. The number of nitrogens with zero attached hydrogens (tertiary/aromatic N) is 3. The van der Waals surface area contributed by atoms with E-state index in [1.807, 2.05) is 17.9 Å². The molecule has 5 nitrogen and oxygen atoms in total. The smallest absolute Gasteiger partial charge is 0.191 e. The number of thiophene rings is 1. The molecule has 0 radical (unpaired) electrons. The molecule has 2 heterocycles. The van der Waals surface area contributed by atoms with Crippen molar-refractivity contribution < 1.29 is 0 Å². The number of nitrogens with one attached hydrogen (secondary N) is 2. The lowest BCUT2D eigenvalue weighted by molar-refractivity contribution is 0.515. The molecule has 0 aliphatic heterocycles. The minimum absolute atomic E-state index is 0.0956. The van der Waals surface area contributed by atoms with E-state index in [4.69, 9.17) is 0 Å². The van der Waals surface area contributed by atoms with Crippen molar-refractivity contribution in [1.29, 1.82) is 0 Å². The molecule has 0 amide bonds. The average Bonchev–Trinajstić information content (AvgIpc) is 3.18. The highest BCUT2D eigenvalue weighted by Gasteiger charge is 2.21. The van der Waals surface area contributed by atoms with Crippen molar-refractivity contribution in [3.05, 3.63) is 40.3 Å². The zero-order valence-electron chi connectivity index (χ0n) is 14.5. The molecule has 0 aromatic carbocycles. The monoisotopic (exact) mass is 333 g/mol. The van der Waals surface area contributed by atoms with Crippen LogP contribution in [0.25, 0.3) is 0 Å². The molecule has 0 spiro atoms. The van der Waals surface area contributed by atoms with Gasteiger partial charge >= 0.3 is 0 Å². The zero-order chi connectivity index (χ0) is 16.7. The van der Waals surface area contributed by atoms with Gasteiger partial charge in [-0.15, -0.1) is 11.3 Å². The maximum absolute atomic E-state index is 4.30. The summed E-state index contributed by atoms with van der Waals surface area (Å²) in [5.74, 6) is 0.853. The molecule has 0 bridgehead atoms. The molecule has 126 valence electrons. The fourth-order valence-corrected chi connectivity index (χ4v) is 3.17. The van der Waals surface area contributed by atoms with Crippen LogP contribution in [-0.2, 0) is 12.0 Å². The number of hydrogen-bond acceptors (Lipinski definition) is 3. The van der Waals surface area contributed by atoms with Gasteiger partial charge in [-0.3, -0.25) is 9.67 Å². The Kier molecular flexibility index (Phi) is 6.21. The van der Waals surface area contributed by atoms with Gasteiger partial charge in [-0.05, 0) is 30.4 Å². The molecule has 0 saturated carbocycles. The summed E-state index contributed by atoms with van der Waals surface area (Å²) in [6.45, 7) is 9.20. The van der Waals surface area contributed by atoms with Crippen LogP contribution < -0.4 is 10.6 Å². The number of rotatable bonds is 7. The Bertz CT molecular complexity index is 613. The lowest BCUT2D eigenvalue weighted by Gasteiger charge is -2.25. The summed E-state index contributed by atoms with van der Waals surface area (Å²) in [4.78, 5) is 5.68. The molecule has 23 heavy (non-hydrogen) atoms. The van der Waals surface area contributed by atoms with E-state index in [0.29, 0.717) is 0 Å². The molecule has 0 aliphatic rings. The van der Waals surface area contributed by atoms with Gasteiger partial charge in [0.05, 0.1) is 6.20 Å². The van der Waals surface area contributed by atoms with Crippen molar-refractivity contribution >= 4 is 17.3 Å². The van der Waals surface area contributed by atoms with Crippen LogP contribution >= 0.6 is 11.3 Å². The Morgan fingerprint density at radius 2 is 2.22 bits per heavy atom. The summed E-state index contributed by atoms with van der Waals surface area (Å²) in [5, 5.41) is 13.2. The van der Waals surface area contributed by atoms with Gasteiger partial charge in [-0.1, -0.05) is 19.9 Å². The molecule has 0 saturated heterocycles. The standard InChI is InChI=1S/C17H27N5S/c1-14-11-21-22(12-14)9-6-8-19-16(18-4)20-13-17(2,3)15-7-5-10-23-15/h5,7,10-12H,6,8-9,13H2,1-4H3,(H2,18,19,20). The van der Waals surface area contributed by atoms with Gasteiger partial charge in [0.25, 0.3) is 0 Å². The summed E-state index contributed by atoms with van der Waals surface area (Å²) in [7, 11) is 1.81. The third-order valence-corrected chi connectivity index (χ3v) is 4.96. The summed E-state index contributed by atoms with van der Waals surface area (Å²) >= 11 is 1.80. The van der Waals surface area contributed by atoms with E-state index in [1.165, 1.54) is 10.4 Å². The Morgan fingerprint density at radius 3 is 2.83 bits per heavy atom. The highest BCUT2D eigenvalue weighted by atomic mass is 32.1. The van der Waals surface area contributed by atoms with Crippen LogP contribution in [0.4, 0.5) is 0 Å². The first-order valence-electron chi connectivity index (χ1n) is 7.99. The lowest BCUT2D eigenvalue weighted by atomic mass is 9.91. The Balaban J connectivity index is 1.71. The van der Waals surface area contributed by atoms with Crippen LogP contribution in [0.5, 0.6) is 0 Å². The maximum Gasteiger partial charge on any atom is 0.191 e. The molecule has 0 fully saturated rings. The molecular weight excluding hydrogens is 306 g/mol. The minimum Gasteiger partial charge on any atom is -0.356 e. The molecule has 2 rings (SSSR count). The quantitative estimate of drug-likeness (QED) is 0.465. The SMILES string of the molecule is CN=C(NCCCn1cc(C)cn1)NCC(C)(C)c1cccs1. The van der Waals surface area contributed by atoms with Gasteiger partial charge in [0.2, 0.25) is 0 Å². The molecule has 0 aliphatic carbocycles. The van der Waals surface area contributed by atoms with Gasteiger partial charge in [0.15, 0.2) is 5.96 Å². The van der Waals surface area contributed by atoms with Crippen molar-refractivity contribution in [3.63, 3.8) is 0 Å². The van der Waals surface area contributed by atoms with E-state index in [1.54, 1.807) is 11.3 Å². The van der Waals surface area contributed by atoms with Gasteiger partial charge < -0.3 is 10.6 Å². The van der Waals surface area contributed by atoms with Crippen LogP contribution in [0.1, 0.15) is 30.7 Å². The molecule has 2 aromatic heterocycles. The Hall–Kier alpha value is -1.82. The minimum atomic E-state index is 0.0956. The van der Waals surface area contributed by atoms with Gasteiger partial charge in [-0.25, -0.2) is 0 Å². The summed E-state index contributed by atoms with van der Waals surface area (Å²) in [5.41, 5.74) is 1.30.